The van der Waals surface area contributed by atoms with Crippen molar-refractivity contribution in [1.29, 1.82) is 0 Å². The van der Waals surface area contributed by atoms with Gasteiger partial charge in [0.25, 0.3) is 0 Å². The van der Waals surface area contributed by atoms with Gasteiger partial charge in [0.2, 0.25) is 5.88 Å². The van der Waals surface area contributed by atoms with Gasteiger partial charge in [-0.3, -0.25) is 0 Å². The summed E-state index contributed by atoms with van der Waals surface area (Å²) in [4.78, 5) is 4.26. The average Bonchev–Trinajstić information content (AvgIpc) is 2.48. The highest BCUT2D eigenvalue weighted by atomic mass is 16.5. The third-order valence-electron chi connectivity index (χ3n) is 3.27. The number of anilines is 1. The Labute approximate surface area is 114 Å². The summed E-state index contributed by atoms with van der Waals surface area (Å²) in [5, 5.41) is 6.85. The van der Waals surface area contributed by atoms with Gasteiger partial charge in [-0.2, -0.15) is 0 Å². The molecule has 0 aliphatic carbocycles. The molecule has 2 N–H and O–H groups in total. The summed E-state index contributed by atoms with van der Waals surface area (Å²) in [5.74, 6) is 1.35. The van der Waals surface area contributed by atoms with E-state index in [-0.39, 0.29) is 0 Å². The monoisotopic (exact) mass is 265 g/mol. The molecule has 1 aliphatic rings. The third kappa shape index (κ3) is 5.04. The lowest BCUT2D eigenvalue weighted by atomic mass is 10.00. The minimum atomic E-state index is 0.532. The second-order valence-electron chi connectivity index (χ2n) is 4.82. The van der Waals surface area contributed by atoms with E-state index in [0.717, 1.165) is 25.3 Å². The second kappa shape index (κ2) is 7.96. The topological polar surface area (TPSA) is 55.4 Å². The highest BCUT2D eigenvalue weighted by molar-refractivity contribution is 5.42. The van der Waals surface area contributed by atoms with Crippen LogP contribution in [-0.2, 0) is 4.74 Å². The van der Waals surface area contributed by atoms with E-state index >= 15 is 0 Å². The van der Waals surface area contributed by atoms with Crippen LogP contribution in [0, 0.1) is 5.92 Å². The van der Waals surface area contributed by atoms with E-state index in [9.17, 15) is 0 Å². The Morgan fingerprint density at radius 3 is 3.05 bits per heavy atom. The molecular weight excluding hydrogens is 242 g/mol. The van der Waals surface area contributed by atoms with E-state index < -0.39 is 0 Å². The standard InChI is InChI=1S/C14H23N3O2/c1-18-7-8-19-14-5-4-13(11-17-14)16-10-12-3-2-6-15-9-12/h4-5,11-12,15-16H,2-3,6-10H2,1H3. The van der Waals surface area contributed by atoms with Gasteiger partial charge in [-0.25, -0.2) is 4.98 Å². The number of hydrogen-bond donors (Lipinski definition) is 2. The Morgan fingerprint density at radius 2 is 2.37 bits per heavy atom. The average molecular weight is 265 g/mol. The van der Waals surface area contributed by atoms with Crippen LogP contribution in [0.15, 0.2) is 18.3 Å². The van der Waals surface area contributed by atoms with Crippen molar-refractivity contribution in [3.8, 4) is 5.88 Å². The normalized spacial score (nSPS) is 19.1. The molecule has 0 saturated carbocycles. The Balaban J connectivity index is 1.71. The van der Waals surface area contributed by atoms with Gasteiger partial charge in [0, 0.05) is 19.7 Å². The first-order valence-electron chi connectivity index (χ1n) is 6.91. The molecule has 0 amide bonds. The molecular formula is C14H23N3O2. The van der Waals surface area contributed by atoms with Gasteiger partial charge in [0.15, 0.2) is 0 Å². The molecule has 0 radical (unpaired) electrons. The molecule has 5 heteroatoms. The lowest BCUT2D eigenvalue weighted by Crippen LogP contribution is -2.33. The number of rotatable bonds is 7. The Morgan fingerprint density at radius 1 is 1.42 bits per heavy atom. The van der Waals surface area contributed by atoms with Crippen molar-refractivity contribution >= 4 is 5.69 Å². The van der Waals surface area contributed by atoms with Gasteiger partial charge >= 0.3 is 0 Å². The predicted molar refractivity (Wildman–Crippen MR) is 75.7 cm³/mol. The second-order valence-corrected chi connectivity index (χ2v) is 4.82. The molecule has 1 saturated heterocycles. The van der Waals surface area contributed by atoms with Gasteiger partial charge in [-0.1, -0.05) is 0 Å². The van der Waals surface area contributed by atoms with E-state index in [2.05, 4.69) is 15.6 Å². The van der Waals surface area contributed by atoms with Crippen LogP contribution < -0.4 is 15.4 Å². The molecule has 0 bridgehead atoms. The van der Waals surface area contributed by atoms with Crippen LogP contribution >= 0.6 is 0 Å². The molecule has 1 fully saturated rings. The fourth-order valence-corrected chi connectivity index (χ4v) is 2.16. The Bertz CT molecular complexity index is 350. The Hall–Kier alpha value is -1.33. The molecule has 19 heavy (non-hydrogen) atoms. The molecule has 0 aromatic carbocycles. The van der Waals surface area contributed by atoms with Crippen molar-refractivity contribution in [3.63, 3.8) is 0 Å². The molecule has 1 aliphatic heterocycles. The fraction of sp³-hybridized carbons (Fsp3) is 0.643. The van der Waals surface area contributed by atoms with Gasteiger partial charge in [0.05, 0.1) is 18.5 Å². The number of aromatic nitrogens is 1. The van der Waals surface area contributed by atoms with Crippen molar-refractivity contribution in [3.05, 3.63) is 18.3 Å². The van der Waals surface area contributed by atoms with Crippen LogP contribution in [0.3, 0.4) is 0 Å². The number of pyridine rings is 1. The quantitative estimate of drug-likeness (QED) is 0.732. The molecule has 1 aromatic rings. The maximum Gasteiger partial charge on any atom is 0.213 e. The van der Waals surface area contributed by atoms with Crippen molar-refractivity contribution in [2.75, 3.05) is 45.3 Å². The van der Waals surface area contributed by atoms with E-state index in [1.165, 1.54) is 12.8 Å². The van der Waals surface area contributed by atoms with E-state index in [1.807, 2.05) is 18.3 Å². The van der Waals surface area contributed by atoms with E-state index in [4.69, 9.17) is 9.47 Å². The van der Waals surface area contributed by atoms with Crippen LogP contribution in [-0.4, -0.2) is 44.9 Å². The zero-order valence-electron chi connectivity index (χ0n) is 11.5. The van der Waals surface area contributed by atoms with E-state index in [1.54, 1.807) is 7.11 Å². The lowest BCUT2D eigenvalue weighted by Gasteiger charge is -2.23. The first kappa shape index (κ1) is 14.1. The van der Waals surface area contributed by atoms with Crippen LogP contribution in [0.4, 0.5) is 5.69 Å². The maximum absolute atomic E-state index is 5.42. The highest BCUT2D eigenvalue weighted by Gasteiger charge is 2.12. The smallest absolute Gasteiger partial charge is 0.213 e. The van der Waals surface area contributed by atoms with Crippen LogP contribution in [0.5, 0.6) is 5.88 Å². The maximum atomic E-state index is 5.42. The number of ether oxygens (including phenoxy) is 2. The zero-order valence-corrected chi connectivity index (χ0v) is 11.5. The largest absolute Gasteiger partial charge is 0.475 e. The summed E-state index contributed by atoms with van der Waals surface area (Å²) in [6.45, 7) is 4.38. The van der Waals surface area contributed by atoms with Crippen molar-refractivity contribution < 1.29 is 9.47 Å². The van der Waals surface area contributed by atoms with Gasteiger partial charge in [0.1, 0.15) is 6.61 Å². The minimum absolute atomic E-state index is 0.532. The van der Waals surface area contributed by atoms with Crippen molar-refractivity contribution in [2.24, 2.45) is 5.92 Å². The van der Waals surface area contributed by atoms with Crippen LogP contribution in [0.25, 0.3) is 0 Å². The highest BCUT2D eigenvalue weighted by Crippen LogP contribution is 2.14. The predicted octanol–water partition coefficient (Wildman–Crippen LogP) is 1.52. The molecule has 1 aromatic heterocycles. The number of hydrogen-bond acceptors (Lipinski definition) is 5. The summed E-state index contributed by atoms with van der Waals surface area (Å²) in [7, 11) is 1.66. The van der Waals surface area contributed by atoms with Crippen LogP contribution in [0.1, 0.15) is 12.8 Å². The molecule has 2 rings (SSSR count). The lowest BCUT2D eigenvalue weighted by molar-refractivity contribution is 0.144. The summed E-state index contributed by atoms with van der Waals surface area (Å²) >= 11 is 0. The summed E-state index contributed by atoms with van der Waals surface area (Å²) < 4.78 is 10.3. The van der Waals surface area contributed by atoms with E-state index in [0.29, 0.717) is 25.0 Å². The number of nitrogens with one attached hydrogen (secondary N) is 2. The molecule has 0 spiro atoms. The molecule has 1 atom stereocenters. The Kier molecular flexibility index (Phi) is 5.91. The van der Waals surface area contributed by atoms with Gasteiger partial charge in [-0.05, 0) is 37.9 Å². The first-order valence-corrected chi connectivity index (χ1v) is 6.91. The minimum Gasteiger partial charge on any atom is -0.475 e. The third-order valence-corrected chi connectivity index (χ3v) is 3.27. The summed E-state index contributed by atoms with van der Waals surface area (Å²) in [6.07, 6.45) is 4.39. The molecule has 106 valence electrons. The van der Waals surface area contributed by atoms with Gasteiger partial charge in [-0.15, -0.1) is 0 Å². The summed E-state index contributed by atoms with van der Waals surface area (Å²) in [6, 6.07) is 3.89. The number of methoxy groups -OCH3 is 1. The first-order chi connectivity index (χ1) is 9.38. The van der Waals surface area contributed by atoms with Crippen LogP contribution in [0.2, 0.25) is 0 Å². The van der Waals surface area contributed by atoms with Gasteiger partial charge < -0.3 is 20.1 Å². The zero-order chi connectivity index (χ0) is 13.3. The van der Waals surface area contributed by atoms with Crippen molar-refractivity contribution in [1.82, 2.24) is 10.3 Å². The molecule has 5 nitrogen and oxygen atoms in total. The van der Waals surface area contributed by atoms with Crippen molar-refractivity contribution in [2.45, 2.75) is 12.8 Å². The molecule has 2 heterocycles. The summed E-state index contributed by atoms with van der Waals surface area (Å²) in [5.41, 5.74) is 1.05. The SMILES string of the molecule is COCCOc1ccc(NCC2CCCNC2)cn1. The fourth-order valence-electron chi connectivity index (χ4n) is 2.16. The number of nitrogens with zero attached hydrogens (tertiary/aromatic N) is 1. The molecule has 1 unspecified atom stereocenters. The number of piperidine rings is 1.